The molecular formula is C14H14N6O2. The van der Waals surface area contributed by atoms with Crippen LogP contribution in [0, 0.1) is 0 Å². The van der Waals surface area contributed by atoms with E-state index in [2.05, 4.69) is 25.6 Å². The average Bonchev–Trinajstić information content (AvgIpc) is 2.78. The lowest BCUT2D eigenvalue weighted by Gasteiger charge is -2.37. The van der Waals surface area contributed by atoms with Gasteiger partial charge in [0.15, 0.2) is 5.82 Å². The lowest BCUT2D eigenvalue weighted by Crippen LogP contribution is -2.59. The number of anilines is 1. The molecule has 1 unspecified atom stereocenters. The fourth-order valence-corrected chi connectivity index (χ4v) is 3.20. The minimum atomic E-state index is -0.924. The second-order valence-electron chi connectivity index (χ2n) is 5.50. The summed E-state index contributed by atoms with van der Waals surface area (Å²) in [5.74, 6) is 0.144. The predicted molar refractivity (Wildman–Crippen MR) is 78.2 cm³/mol. The first-order chi connectivity index (χ1) is 10.7. The zero-order valence-corrected chi connectivity index (χ0v) is 11.7. The summed E-state index contributed by atoms with van der Waals surface area (Å²) in [7, 11) is 0. The number of piperidine rings is 1. The molecule has 2 aliphatic heterocycles. The van der Waals surface area contributed by atoms with Crippen LogP contribution in [0.15, 0.2) is 24.8 Å². The molecule has 2 fully saturated rings. The summed E-state index contributed by atoms with van der Waals surface area (Å²) in [5.41, 5.74) is -0.238. The van der Waals surface area contributed by atoms with Gasteiger partial charge in [-0.1, -0.05) is 0 Å². The summed E-state index contributed by atoms with van der Waals surface area (Å²) in [6.45, 7) is 1.25. The third kappa shape index (κ3) is 1.70. The van der Waals surface area contributed by atoms with Gasteiger partial charge in [-0.3, -0.25) is 20.0 Å². The van der Waals surface area contributed by atoms with Crippen molar-refractivity contribution >= 4 is 28.7 Å². The maximum Gasteiger partial charge on any atom is 0.330 e. The molecule has 0 radical (unpaired) electrons. The molecule has 2 saturated heterocycles. The standard InChI is InChI=1S/C14H14N6O2/c21-12-14(3-1-4-16-7-14)20(13(22)19-12)11-9-6-15-5-2-10(9)17-8-18-11/h2,5-6,8,16H,1,3-4,7H2,(H,19,21,22). The highest BCUT2D eigenvalue weighted by atomic mass is 16.2. The van der Waals surface area contributed by atoms with Crippen molar-refractivity contribution in [1.29, 1.82) is 0 Å². The smallest absolute Gasteiger partial charge is 0.314 e. The zero-order chi connectivity index (χ0) is 15.2. The van der Waals surface area contributed by atoms with Gasteiger partial charge in [0.2, 0.25) is 0 Å². The summed E-state index contributed by atoms with van der Waals surface area (Å²) >= 11 is 0. The maximum absolute atomic E-state index is 12.4. The van der Waals surface area contributed by atoms with E-state index in [0.29, 0.717) is 29.7 Å². The summed E-state index contributed by atoms with van der Waals surface area (Å²) in [5, 5.41) is 6.27. The summed E-state index contributed by atoms with van der Waals surface area (Å²) in [6, 6.07) is 1.31. The molecule has 112 valence electrons. The van der Waals surface area contributed by atoms with Crippen LogP contribution < -0.4 is 15.5 Å². The molecule has 2 aromatic heterocycles. The van der Waals surface area contributed by atoms with E-state index < -0.39 is 11.6 Å². The molecule has 8 heteroatoms. The highest BCUT2D eigenvalue weighted by Crippen LogP contribution is 2.35. The van der Waals surface area contributed by atoms with Crippen LogP contribution in [-0.4, -0.2) is 45.5 Å². The number of carbonyl (C=O) groups is 2. The number of nitrogens with zero attached hydrogens (tertiary/aromatic N) is 4. The Morgan fingerprint density at radius 3 is 3.00 bits per heavy atom. The molecule has 22 heavy (non-hydrogen) atoms. The van der Waals surface area contributed by atoms with Gasteiger partial charge in [-0.2, -0.15) is 0 Å². The van der Waals surface area contributed by atoms with Crippen LogP contribution in [0.5, 0.6) is 0 Å². The predicted octanol–water partition coefficient (Wildman–Crippen LogP) is 0.203. The minimum Gasteiger partial charge on any atom is -0.314 e. The fourth-order valence-electron chi connectivity index (χ4n) is 3.20. The summed E-state index contributed by atoms with van der Waals surface area (Å²) < 4.78 is 0. The van der Waals surface area contributed by atoms with E-state index in [1.165, 1.54) is 11.2 Å². The lowest BCUT2D eigenvalue weighted by atomic mass is 9.88. The normalized spacial score (nSPS) is 25.0. The molecule has 0 aromatic carbocycles. The van der Waals surface area contributed by atoms with Crippen molar-refractivity contribution in [3.63, 3.8) is 0 Å². The van der Waals surface area contributed by atoms with Crippen LogP contribution in [0.2, 0.25) is 0 Å². The monoisotopic (exact) mass is 298 g/mol. The Kier molecular flexibility index (Phi) is 2.80. The van der Waals surface area contributed by atoms with Crippen molar-refractivity contribution in [2.45, 2.75) is 18.4 Å². The van der Waals surface area contributed by atoms with E-state index in [4.69, 9.17) is 0 Å². The lowest BCUT2D eigenvalue weighted by molar-refractivity contribution is -0.123. The molecule has 1 atom stereocenters. The van der Waals surface area contributed by atoms with E-state index in [1.54, 1.807) is 18.5 Å². The van der Waals surface area contributed by atoms with E-state index in [0.717, 1.165) is 13.0 Å². The first-order valence-corrected chi connectivity index (χ1v) is 7.13. The van der Waals surface area contributed by atoms with Crippen LogP contribution in [-0.2, 0) is 4.79 Å². The van der Waals surface area contributed by atoms with Crippen molar-refractivity contribution in [2.24, 2.45) is 0 Å². The van der Waals surface area contributed by atoms with Gasteiger partial charge in [0.1, 0.15) is 11.9 Å². The highest BCUT2D eigenvalue weighted by molar-refractivity contribution is 6.18. The van der Waals surface area contributed by atoms with Gasteiger partial charge in [0.25, 0.3) is 5.91 Å². The Bertz CT molecular complexity index is 766. The van der Waals surface area contributed by atoms with E-state index in [9.17, 15) is 9.59 Å². The Morgan fingerprint density at radius 2 is 2.18 bits per heavy atom. The van der Waals surface area contributed by atoms with Gasteiger partial charge in [-0.25, -0.2) is 14.8 Å². The minimum absolute atomic E-state index is 0.277. The SMILES string of the molecule is O=C1NC(=O)C2(CCCNC2)N1c1ncnc2ccncc12. The molecule has 0 aliphatic carbocycles. The zero-order valence-electron chi connectivity index (χ0n) is 11.7. The third-order valence-corrected chi connectivity index (χ3v) is 4.26. The molecule has 2 aliphatic rings. The molecule has 0 bridgehead atoms. The topological polar surface area (TPSA) is 100 Å². The Labute approximate surface area is 125 Å². The van der Waals surface area contributed by atoms with Gasteiger partial charge in [0.05, 0.1) is 10.9 Å². The van der Waals surface area contributed by atoms with Crippen LogP contribution in [0.25, 0.3) is 10.9 Å². The van der Waals surface area contributed by atoms with E-state index in [-0.39, 0.29) is 5.91 Å². The molecule has 1 spiro atoms. The van der Waals surface area contributed by atoms with Crippen LogP contribution in [0.1, 0.15) is 12.8 Å². The number of hydrogen-bond acceptors (Lipinski definition) is 6. The van der Waals surface area contributed by atoms with Crippen LogP contribution >= 0.6 is 0 Å². The van der Waals surface area contributed by atoms with E-state index in [1.807, 2.05) is 0 Å². The quantitative estimate of drug-likeness (QED) is 0.730. The number of amides is 3. The Balaban J connectivity index is 1.91. The molecule has 3 amide bonds. The van der Waals surface area contributed by atoms with Crippen LogP contribution in [0.4, 0.5) is 10.6 Å². The number of fused-ring (bicyclic) bond motifs is 1. The van der Waals surface area contributed by atoms with Gasteiger partial charge in [-0.15, -0.1) is 0 Å². The second kappa shape index (κ2) is 4.70. The van der Waals surface area contributed by atoms with E-state index >= 15 is 0 Å². The molecule has 0 saturated carbocycles. The van der Waals surface area contributed by atoms with Gasteiger partial charge >= 0.3 is 6.03 Å². The fraction of sp³-hybridized carbons (Fsp3) is 0.357. The number of pyridine rings is 1. The number of aromatic nitrogens is 3. The number of carbonyl (C=O) groups excluding carboxylic acids is 2. The van der Waals surface area contributed by atoms with Crippen molar-refractivity contribution in [1.82, 2.24) is 25.6 Å². The molecule has 2 N–H and O–H groups in total. The largest absolute Gasteiger partial charge is 0.330 e. The van der Waals surface area contributed by atoms with Crippen LogP contribution in [0.3, 0.4) is 0 Å². The average molecular weight is 298 g/mol. The number of urea groups is 1. The van der Waals surface area contributed by atoms with Crippen molar-refractivity contribution in [3.05, 3.63) is 24.8 Å². The second-order valence-corrected chi connectivity index (χ2v) is 5.50. The molecule has 4 rings (SSSR count). The van der Waals surface area contributed by atoms with Crippen molar-refractivity contribution in [3.8, 4) is 0 Å². The number of nitrogens with one attached hydrogen (secondary N) is 2. The van der Waals surface area contributed by atoms with Gasteiger partial charge in [-0.05, 0) is 25.5 Å². The van der Waals surface area contributed by atoms with Crippen molar-refractivity contribution < 1.29 is 9.59 Å². The van der Waals surface area contributed by atoms with Gasteiger partial charge in [0, 0.05) is 18.9 Å². The summed E-state index contributed by atoms with van der Waals surface area (Å²) in [4.78, 5) is 38.8. The molecule has 8 nitrogen and oxygen atoms in total. The molecular weight excluding hydrogens is 284 g/mol. The number of imide groups is 1. The van der Waals surface area contributed by atoms with Crippen molar-refractivity contribution in [2.75, 3.05) is 18.0 Å². The first-order valence-electron chi connectivity index (χ1n) is 7.13. The molecule has 4 heterocycles. The Morgan fingerprint density at radius 1 is 1.27 bits per heavy atom. The highest BCUT2D eigenvalue weighted by Gasteiger charge is 2.54. The first kappa shape index (κ1) is 13.1. The Hall–Kier alpha value is -2.61. The molecule has 2 aromatic rings. The number of rotatable bonds is 1. The van der Waals surface area contributed by atoms with Gasteiger partial charge < -0.3 is 5.32 Å². The number of hydrogen-bond donors (Lipinski definition) is 2. The summed E-state index contributed by atoms with van der Waals surface area (Å²) in [6.07, 6.45) is 6.07. The third-order valence-electron chi connectivity index (χ3n) is 4.26. The maximum atomic E-state index is 12.4.